The Labute approximate surface area is 188 Å². The molecule has 0 aliphatic carbocycles. The SMILES string of the molecule is Cc1ccc(Cl)cc1-n1nc(C(=O)Nc2ccc(Cl)cc2)nc1-c1ccc(Cl)cc1. The summed E-state index contributed by atoms with van der Waals surface area (Å²) in [5.41, 5.74) is 3.01. The molecule has 5 nitrogen and oxygen atoms in total. The lowest BCUT2D eigenvalue weighted by molar-refractivity contribution is 0.101. The molecular formula is C22H15Cl3N4O. The molecule has 1 aromatic heterocycles. The average Bonchev–Trinajstić information content (AvgIpc) is 3.17. The molecule has 1 amide bonds. The minimum absolute atomic E-state index is 0.0225. The van der Waals surface area contributed by atoms with Crippen molar-refractivity contribution in [1.29, 1.82) is 0 Å². The number of aryl methyl sites for hydroxylation is 1. The van der Waals surface area contributed by atoms with Crippen LogP contribution in [0.3, 0.4) is 0 Å². The minimum atomic E-state index is -0.439. The van der Waals surface area contributed by atoms with Crippen LogP contribution in [-0.4, -0.2) is 20.7 Å². The van der Waals surface area contributed by atoms with Gasteiger partial charge >= 0.3 is 0 Å². The zero-order valence-corrected chi connectivity index (χ0v) is 18.0. The Morgan fingerprint density at radius 2 is 1.47 bits per heavy atom. The number of aromatic nitrogens is 3. The third kappa shape index (κ3) is 4.33. The molecule has 30 heavy (non-hydrogen) atoms. The molecule has 1 N–H and O–H groups in total. The van der Waals surface area contributed by atoms with Crippen molar-refractivity contribution in [3.05, 3.63) is 93.2 Å². The molecule has 1 heterocycles. The number of carbonyl (C=O) groups is 1. The monoisotopic (exact) mass is 456 g/mol. The van der Waals surface area contributed by atoms with Crippen molar-refractivity contribution in [1.82, 2.24) is 14.8 Å². The van der Waals surface area contributed by atoms with Crippen molar-refractivity contribution >= 4 is 46.4 Å². The van der Waals surface area contributed by atoms with E-state index in [0.29, 0.717) is 26.6 Å². The van der Waals surface area contributed by atoms with Gasteiger partial charge in [0, 0.05) is 26.3 Å². The van der Waals surface area contributed by atoms with Gasteiger partial charge in [-0.1, -0.05) is 40.9 Å². The van der Waals surface area contributed by atoms with Gasteiger partial charge in [0.05, 0.1) is 5.69 Å². The van der Waals surface area contributed by atoms with Gasteiger partial charge in [0.2, 0.25) is 5.82 Å². The maximum absolute atomic E-state index is 12.8. The van der Waals surface area contributed by atoms with Crippen LogP contribution < -0.4 is 5.32 Å². The Bertz CT molecular complexity index is 1220. The summed E-state index contributed by atoms with van der Waals surface area (Å²) in [6.07, 6.45) is 0. The highest BCUT2D eigenvalue weighted by Gasteiger charge is 2.20. The second-order valence-electron chi connectivity index (χ2n) is 6.57. The average molecular weight is 458 g/mol. The molecule has 3 aromatic carbocycles. The van der Waals surface area contributed by atoms with Gasteiger partial charge in [-0.3, -0.25) is 4.79 Å². The van der Waals surface area contributed by atoms with Crippen LogP contribution in [0.15, 0.2) is 66.7 Å². The summed E-state index contributed by atoms with van der Waals surface area (Å²) in [7, 11) is 0. The standard InChI is InChI=1S/C22H15Cl3N4O/c1-13-2-5-17(25)12-19(13)29-21(14-3-6-15(23)7-4-14)27-20(28-29)22(30)26-18-10-8-16(24)9-11-18/h2-12H,1H3,(H,26,30). The highest BCUT2D eigenvalue weighted by molar-refractivity contribution is 6.31. The van der Waals surface area contributed by atoms with E-state index < -0.39 is 5.91 Å². The molecule has 150 valence electrons. The smallest absolute Gasteiger partial charge is 0.295 e. The molecule has 0 bridgehead atoms. The topological polar surface area (TPSA) is 59.8 Å². The highest BCUT2D eigenvalue weighted by Crippen LogP contribution is 2.26. The Balaban J connectivity index is 1.79. The van der Waals surface area contributed by atoms with Gasteiger partial charge in [0.25, 0.3) is 5.91 Å². The van der Waals surface area contributed by atoms with E-state index in [1.54, 1.807) is 53.2 Å². The van der Waals surface area contributed by atoms with Crippen LogP contribution in [0.5, 0.6) is 0 Å². The number of benzene rings is 3. The first kappa shape index (κ1) is 20.4. The first-order valence-electron chi connectivity index (χ1n) is 8.97. The van der Waals surface area contributed by atoms with E-state index in [2.05, 4.69) is 15.4 Å². The lowest BCUT2D eigenvalue weighted by Crippen LogP contribution is -2.14. The van der Waals surface area contributed by atoms with Crippen molar-refractivity contribution in [2.75, 3.05) is 5.32 Å². The van der Waals surface area contributed by atoms with Gasteiger partial charge in [0.1, 0.15) is 0 Å². The molecule has 0 spiro atoms. The highest BCUT2D eigenvalue weighted by atomic mass is 35.5. The zero-order valence-electron chi connectivity index (χ0n) is 15.7. The van der Waals surface area contributed by atoms with E-state index in [9.17, 15) is 4.79 Å². The van der Waals surface area contributed by atoms with E-state index in [0.717, 1.165) is 16.8 Å². The number of nitrogens with one attached hydrogen (secondary N) is 1. The maximum Gasteiger partial charge on any atom is 0.295 e. The Morgan fingerprint density at radius 1 is 0.867 bits per heavy atom. The van der Waals surface area contributed by atoms with E-state index in [1.165, 1.54) is 0 Å². The molecule has 0 atom stereocenters. The molecule has 0 saturated heterocycles. The van der Waals surface area contributed by atoms with Crippen LogP contribution in [0.1, 0.15) is 16.2 Å². The van der Waals surface area contributed by atoms with Crippen LogP contribution in [0.4, 0.5) is 5.69 Å². The largest absolute Gasteiger partial charge is 0.319 e. The lowest BCUT2D eigenvalue weighted by Gasteiger charge is -2.09. The van der Waals surface area contributed by atoms with Gasteiger partial charge in [0.15, 0.2) is 5.82 Å². The van der Waals surface area contributed by atoms with Crippen molar-refractivity contribution in [2.24, 2.45) is 0 Å². The fraction of sp³-hybridized carbons (Fsp3) is 0.0455. The maximum atomic E-state index is 12.8. The Kier molecular flexibility index (Phi) is 5.77. The predicted molar refractivity (Wildman–Crippen MR) is 121 cm³/mol. The fourth-order valence-corrected chi connectivity index (χ4v) is 3.31. The van der Waals surface area contributed by atoms with Crippen LogP contribution in [-0.2, 0) is 0 Å². The van der Waals surface area contributed by atoms with Gasteiger partial charge in [-0.15, -0.1) is 5.10 Å². The first-order valence-corrected chi connectivity index (χ1v) is 10.1. The molecule has 8 heteroatoms. The van der Waals surface area contributed by atoms with Crippen molar-refractivity contribution in [3.8, 4) is 17.1 Å². The number of halogens is 3. The quantitative estimate of drug-likeness (QED) is 0.383. The molecular weight excluding hydrogens is 443 g/mol. The van der Waals surface area contributed by atoms with Crippen molar-refractivity contribution in [3.63, 3.8) is 0 Å². The van der Waals surface area contributed by atoms with Crippen LogP contribution >= 0.6 is 34.8 Å². The lowest BCUT2D eigenvalue weighted by atomic mass is 10.2. The molecule has 0 aliphatic heterocycles. The van der Waals surface area contributed by atoms with Gasteiger partial charge in [-0.2, -0.15) is 0 Å². The number of anilines is 1. The normalized spacial score (nSPS) is 10.8. The number of hydrogen-bond donors (Lipinski definition) is 1. The van der Waals surface area contributed by atoms with Gasteiger partial charge in [-0.25, -0.2) is 9.67 Å². The third-order valence-electron chi connectivity index (χ3n) is 4.41. The van der Waals surface area contributed by atoms with Crippen LogP contribution in [0, 0.1) is 6.92 Å². The summed E-state index contributed by atoms with van der Waals surface area (Å²) in [5.74, 6) is 0.0820. The summed E-state index contributed by atoms with van der Waals surface area (Å²) in [4.78, 5) is 17.3. The number of hydrogen-bond acceptors (Lipinski definition) is 3. The van der Waals surface area contributed by atoms with E-state index in [1.807, 2.05) is 25.1 Å². The molecule has 0 fully saturated rings. The second kappa shape index (κ2) is 8.48. The summed E-state index contributed by atoms with van der Waals surface area (Å²) in [5, 5.41) is 8.99. The number of carbonyl (C=O) groups excluding carboxylic acids is 1. The second-order valence-corrected chi connectivity index (χ2v) is 7.88. The first-order chi connectivity index (χ1) is 14.4. The minimum Gasteiger partial charge on any atom is -0.319 e. The number of nitrogens with zero attached hydrogens (tertiary/aromatic N) is 3. The number of rotatable bonds is 4. The molecule has 0 radical (unpaired) electrons. The summed E-state index contributed by atoms with van der Waals surface area (Å²) in [6, 6.07) is 19.4. The number of amides is 1. The molecule has 0 saturated carbocycles. The zero-order chi connectivity index (χ0) is 21.3. The van der Waals surface area contributed by atoms with Gasteiger partial charge < -0.3 is 5.32 Å². The molecule has 4 rings (SSSR count). The summed E-state index contributed by atoms with van der Waals surface area (Å²) < 4.78 is 1.61. The molecule has 0 unspecified atom stereocenters. The van der Waals surface area contributed by atoms with E-state index in [-0.39, 0.29) is 5.82 Å². The van der Waals surface area contributed by atoms with Crippen LogP contribution in [0.25, 0.3) is 17.1 Å². The predicted octanol–water partition coefficient (Wildman–Crippen LogP) is 6.46. The Hall–Kier alpha value is -2.86. The Morgan fingerprint density at radius 3 is 2.13 bits per heavy atom. The molecule has 0 aliphatic rings. The van der Waals surface area contributed by atoms with E-state index >= 15 is 0 Å². The molecule has 4 aromatic rings. The van der Waals surface area contributed by atoms with E-state index in [4.69, 9.17) is 34.8 Å². The fourth-order valence-electron chi connectivity index (χ4n) is 2.89. The van der Waals surface area contributed by atoms with Crippen LogP contribution in [0.2, 0.25) is 15.1 Å². The van der Waals surface area contributed by atoms with Gasteiger partial charge in [-0.05, 0) is 73.2 Å². The summed E-state index contributed by atoms with van der Waals surface area (Å²) in [6.45, 7) is 1.94. The van der Waals surface area contributed by atoms with Crippen molar-refractivity contribution in [2.45, 2.75) is 6.92 Å². The summed E-state index contributed by atoms with van der Waals surface area (Å²) >= 11 is 18.1. The third-order valence-corrected chi connectivity index (χ3v) is 5.15. The van der Waals surface area contributed by atoms with Crippen molar-refractivity contribution < 1.29 is 4.79 Å².